The first-order valence-corrected chi connectivity index (χ1v) is 11.2. The number of benzene rings is 2. The third-order valence-electron chi connectivity index (χ3n) is 3.68. The van der Waals surface area contributed by atoms with E-state index < -0.39 is 0 Å². The molecule has 1 aliphatic heterocycles. The number of ether oxygens (including phenoxy) is 1. The predicted octanol–water partition coefficient (Wildman–Crippen LogP) is 5.31. The molecule has 1 aliphatic rings. The van der Waals surface area contributed by atoms with E-state index in [4.69, 9.17) is 23.4 Å². The fourth-order valence-corrected chi connectivity index (χ4v) is 5.85. The van der Waals surface area contributed by atoms with Crippen molar-refractivity contribution in [2.75, 3.05) is 6.61 Å². The maximum absolute atomic E-state index is 12.8. The second kappa shape index (κ2) is 9.41. The molecule has 2 aromatic rings. The molecule has 3 nitrogen and oxygen atoms in total. The van der Waals surface area contributed by atoms with Crippen LogP contribution in [0.5, 0.6) is 5.75 Å². The van der Waals surface area contributed by atoms with Crippen LogP contribution in [0.15, 0.2) is 47.4 Å². The second-order valence-corrected chi connectivity index (χ2v) is 9.56. The Hall–Kier alpha value is -1.09. The van der Waals surface area contributed by atoms with Crippen LogP contribution in [-0.4, -0.2) is 21.7 Å². The van der Waals surface area contributed by atoms with E-state index >= 15 is 0 Å². The molecule has 0 aromatic heterocycles. The summed E-state index contributed by atoms with van der Waals surface area (Å²) in [6.07, 6.45) is 7.14. The highest BCUT2D eigenvalue weighted by Crippen LogP contribution is 2.35. The lowest BCUT2D eigenvalue weighted by Gasteiger charge is -2.14. The van der Waals surface area contributed by atoms with Crippen LogP contribution in [0.25, 0.3) is 6.08 Å². The summed E-state index contributed by atoms with van der Waals surface area (Å²) in [4.78, 5) is 15.1. The monoisotopic (exact) mass is 617 g/mol. The van der Waals surface area contributed by atoms with E-state index in [0.29, 0.717) is 15.8 Å². The zero-order valence-corrected chi connectivity index (χ0v) is 19.9. The van der Waals surface area contributed by atoms with Crippen LogP contribution in [0, 0.1) is 19.5 Å². The van der Waals surface area contributed by atoms with Gasteiger partial charge in [0.25, 0.3) is 5.91 Å². The molecule has 27 heavy (non-hydrogen) atoms. The largest absolute Gasteiger partial charge is 0.479 e. The van der Waals surface area contributed by atoms with Crippen LogP contribution >= 0.6 is 69.2 Å². The van der Waals surface area contributed by atoms with Crippen LogP contribution in [0.2, 0.25) is 0 Å². The third kappa shape index (κ3) is 5.04. The van der Waals surface area contributed by atoms with Gasteiger partial charge in [0, 0.05) is 0 Å². The summed E-state index contributed by atoms with van der Waals surface area (Å²) in [5.41, 5.74) is 1.98. The molecule has 1 heterocycles. The highest BCUT2D eigenvalue weighted by atomic mass is 127. The normalized spacial score (nSPS) is 15.3. The Morgan fingerprint density at radius 2 is 1.89 bits per heavy atom. The third-order valence-corrected chi connectivity index (χ3v) is 6.66. The number of rotatable bonds is 5. The second-order valence-electron chi connectivity index (χ2n) is 5.56. The zero-order chi connectivity index (χ0) is 19.4. The summed E-state index contributed by atoms with van der Waals surface area (Å²) in [6.45, 7) is 0.709. The molecule has 1 saturated heterocycles. The van der Waals surface area contributed by atoms with Gasteiger partial charge in [-0.15, -0.1) is 6.42 Å². The summed E-state index contributed by atoms with van der Waals surface area (Å²) < 4.78 is 8.06. The van der Waals surface area contributed by atoms with Crippen molar-refractivity contribution >= 4 is 85.5 Å². The topological polar surface area (TPSA) is 29.5 Å². The molecule has 0 saturated carbocycles. The predicted molar refractivity (Wildman–Crippen MR) is 131 cm³/mol. The molecule has 7 heteroatoms. The quantitative estimate of drug-likeness (QED) is 0.197. The minimum Gasteiger partial charge on any atom is -0.479 e. The highest BCUT2D eigenvalue weighted by Gasteiger charge is 2.32. The number of thiocarbonyl (C=S) groups is 1. The van der Waals surface area contributed by atoms with Gasteiger partial charge in [0.05, 0.1) is 18.6 Å². The molecule has 2 aromatic carbocycles. The molecule has 0 unspecified atom stereocenters. The van der Waals surface area contributed by atoms with Crippen LogP contribution in [-0.2, 0) is 11.3 Å². The van der Waals surface area contributed by atoms with E-state index in [1.165, 1.54) is 11.8 Å². The Balaban J connectivity index is 1.82. The number of nitrogens with zero attached hydrogens (tertiary/aromatic N) is 1. The smallest absolute Gasteiger partial charge is 0.266 e. The standard InChI is InChI=1S/C20H13I2NO2S2/c1-2-8-25-18-15(21)9-14(10-16(18)22)11-17-19(24)23(20(26)27-17)12-13-6-4-3-5-7-13/h1,3-7,9-11H,8,12H2/b17-11+. The molecule has 0 aliphatic carbocycles. The summed E-state index contributed by atoms with van der Waals surface area (Å²) >= 11 is 11.2. The van der Waals surface area contributed by atoms with E-state index in [1.54, 1.807) is 4.90 Å². The Morgan fingerprint density at radius 1 is 1.22 bits per heavy atom. The molecular weight excluding hydrogens is 604 g/mol. The summed E-state index contributed by atoms with van der Waals surface area (Å²) in [5, 5.41) is 0. The molecule has 1 fully saturated rings. The van der Waals surface area contributed by atoms with Crippen molar-refractivity contribution < 1.29 is 9.53 Å². The van der Waals surface area contributed by atoms with Crippen molar-refractivity contribution in [1.82, 2.24) is 4.90 Å². The molecule has 3 rings (SSSR count). The van der Waals surface area contributed by atoms with Gasteiger partial charge >= 0.3 is 0 Å². The van der Waals surface area contributed by atoms with Crippen molar-refractivity contribution in [2.24, 2.45) is 0 Å². The van der Waals surface area contributed by atoms with Crippen LogP contribution in [0.4, 0.5) is 0 Å². The van der Waals surface area contributed by atoms with Gasteiger partial charge < -0.3 is 4.74 Å². The van der Waals surface area contributed by atoms with E-state index in [0.717, 1.165) is 24.0 Å². The first-order chi connectivity index (χ1) is 13.0. The lowest BCUT2D eigenvalue weighted by atomic mass is 10.2. The first kappa shape index (κ1) is 20.6. The zero-order valence-electron chi connectivity index (χ0n) is 13.9. The van der Waals surface area contributed by atoms with E-state index in [2.05, 4.69) is 51.1 Å². The summed E-state index contributed by atoms with van der Waals surface area (Å²) in [6, 6.07) is 13.8. The number of hydrogen-bond acceptors (Lipinski definition) is 4. The SMILES string of the molecule is C#CCOc1c(I)cc(/C=C2/SC(=S)N(Cc3ccccc3)C2=O)cc1I. The van der Waals surface area contributed by atoms with Crippen LogP contribution in [0.3, 0.4) is 0 Å². The van der Waals surface area contributed by atoms with E-state index in [1.807, 2.05) is 48.5 Å². The molecular formula is C20H13I2NO2S2. The van der Waals surface area contributed by atoms with Gasteiger partial charge in [-0.05, 0) is 74.5 Å². The van der Waals surface area contributed by atoms with Crippen molar-refractivity contribution in [3.63, 3.8) is 0 Å². The van der Waals surface area contributed by atoms with Crippen molar-refractivity contribution in [3.05, 3.63) is 65.6 Å². The molecule has 0 spiro atoms. The summed E-state index contributed by atoms with van der Waals surface area (Å²) in [7, 11) is 0. The van der Waals surface area contributed by atoms with Gasteiger partial charge in [0.15, 0.2) is 0 Å². The van der Waals surface area contributed by atoms with Crippen LogP contribution < -0.4 is 4.74 Å². The number of halogens is 2. The maximum atomic E-state index is 12.8. The van der Waals surface area contributed by atoms with Gasteiger partial charge in [-0.1, -0.05) is 60.2 Å². The highest BCUT2D eigenvalue weighted by molar-refractivity contribution is 14.1. The number of carbonyl (C=O) groups is 1. The minimum atomic E-state index is -0.0634. The first-order valence-electron chi connectivity index (χ1n) is 7.84. The van der Waals surface area contributed by atoms with E-state index in [9.17, 15) is 4.79 Å². The Kier molecular flexibility index (Phi) is 7.19. The number of thioether (sulfide) groups is 1. The van der Waals surface area contributed by atoms with Gasteiger partial charge in [-0.2, -0.15) is 0 Å². The number of carbonyl (C=O) groups excluding carboxylic acids is 1. The molecule has 136 valence electrons. The fourth-order valence-electron chi connectivity index (χ4n) is 2.47. The fraction of sp³-hybridized carbons (Fsp3) is 0.100. The molecule has 1 amide bonds. The van der Waals surface area contributed by atoms with Gasteiger partial charge in [-0.25, -0.2) is 0 Å². The summed E-state index contributed by atoms with van der Waals surface area (Å²) in [5.74, 6) is 3.17. The van der Waals surface area contributed by atoms with Gasteiger partial charge in [-0.3, -0.25) is 9.69 Å². The van der Waals surface area contributed by atoms with Gasteiger partial charge in [0.2, 0.25) is 0 Å². The number of terminal acetylenes is 1. The maximum Gasteiger partial charge on any atom is 0.266 e. The van der Waals surface area contributed by atoms with E-state index in [-0.39, 0.29) is 12.5 Å². The lowest BCUT2D eigenvalue weighted by molar-refractivity contribution is -0.122. The number of hydrogen-bond donors (Lipinski definition) is 0. The average Bonchev–Trinajstić information content (AvgIpc) is 2.89. The van der Waals surface area contributed by atoms with Crippen molar-refractivity contribution in [2.45, 2.75) is 6.54 Å². The van der Waals surface area contributed by atoms with Crippen molar-refractivity contribution in [3.8, 4) is 18.1 Å². The Morgan fingerprint density at radius 3 is 2.52 bits per heavy atom. The lowest BCUT2D eigenvalue weighted by Crippen LogP contribution is -2.27. The van der Waals surface area contributed by atoms with Crippen LogP contribution in [0.1, 0.15) is 11.1 Å². The average molecular weight is 617 g/mol. The molecule has 0 bridgehead atoms. The number of amides is 1. The molecule has 0 atom stereocenters. The Bertz CT molecular complexity index is 945. The molecule has 0 N–H and O–H groups in total. The van der Waals surface area contributed by atoms with Crippen molar-refractivity contribution in [1.29, 1.82) is 0 Å². The minimum absolute atomic E-state index is 0.0634. The molecule has 0 radical (unpaired) electrons. The van der Waals surface area contributed by atoms with Gasteiger partial charge in [0.1, 0.15) is 16.7 Å². The Labute approximate surface area is 195 Å².